The monoisotopic (exact) mass is 564 g/mol. The number of benzene rings is 2. The number of aromatic nitrogens is 1. The lowest BCUT2D eigenvalue weighted by Gasteiger charge is -2.50. The van der Waals surface area contributed by atoms with Gasteiger partial charge in [-0.15, -0.1) is 10.1 Å². The van der Waals surface area contributed by atoms with Crippen LogP contribution in [-0.2, 0) is 25.6 Å². The van der Waals surface area contributed by atoms with Crippen LogP contribution in [0.2, 0.25) is 0 Å². The zero-order valence-corrected chi connectivity index (χ0v) is 21.9. The first-order valence-electron chi connectivity index (χ1n) is 13.6. The molecule has 13 nitrogen and oxygen atoms in total. The van der Waals surface area contributed by atoms with Gasteiger partial charge < -0.3 is 38.9 Å². The van der Waals surface area contributed by atoms with Crippen molar-refractivity contribution in [2.75, 3.05) is 26.6 Å². The molecule has 2 amide bonds. The van der Waals surface area contributed by atoms with E-state index in [0.29, 0.717) is 24.3 Å². The molecule has 2 saturated heterocycles. The second-order valence-electron chi connectivity index (χ2n) is 10.8. The number of H-pyrrole nitrogens is 1. The van der Waals surface area contributed by atoms with Gasteiger partial charge in [-0.25, -0.2) is 0 Å². The Kier molecular flexibility index (Phi) is 6.20. The fraction of sp³-hybridized carbons (Fsp3) is 0.429. The van der Waals surface area contributed by atoms with E-state index in [4.69, 9.17) is 14.2 Å². The number of hydrogen-bond donors (Lipinski definition) is 2. The molecule has 2 aromatic carbocycles. The SMILES string of the molecule is O=C1[C@H]2Cc3c([nH]c4ccccc34)[C@@H](c3ccc4c(c3)OCO4)N2C(=O)CN1C1CC(CO)OC(CO[N+](=O)[O-])C1. The molecule has 2 fully saturated rings. The van der Waals surface area contributed by atoms with Crippen LogP contribution in [0.25, 0.3) is 10.9 Å². The van der Waals surface area contributed by atoms with Crippen LogP contribution in [0.15, 0.2) is 42.5 Å². The van der Waals surface area contributed by atoms with E-state index in [1.54, 1.807) is 9.80 Å². The number of aliphatic hydroxyl groups is 1. The second kappa shape index (κ2) is 9.93. The number of nitrogens with one attached hydrogen (secondary N) is 1. The minimum absolute atomic E-state index is 0.118. The van der Waals surface area contributed by atoms with E-state index in [2.05, 4.69) is 9.82 Å². The lowest BCUT2D eigenvalue weighted by molar-refractivity contribution is -0.759. The Hall–Kier alpha value is -4.36. The Balaban J connectivity index is 1.26. The van der Waals surface area contributed by atoms with Crippen molar-refractivity contribution < 1.29 is 38.8 Å². The third kappa shape index (κ3) is 4.32. The average molecular weight is 565 g/mol. The van der Waals surface area contributed by atoms with E-state index in [1.165, 1.54) is 0 Å². The summed E-state index contributed by atoms with van der Waals surface area (Å²) < 4.78 is 16.9. The standard InChI is InChI=1S/C28H28N4O9/c33-12-17-8-16(9-18(41-17)13-40-32(36)37)30-11-25(34)31-22(28(30)35)10-20-19-3-1-2-4-21(19)29-26(20)27(31)15-5-6-23-24(7-15)39-14-38-23/h1-7,16-18,22,27,29,33H,8-14H2/t16?,17?,18?,22-,27-/m1/s1. The quantitative estimate of drug-likeness (QED) is 0.336. The molecule has 4 aliphatic heterocycles. The number of nitrogens with zero attached hydrogens (tertiary/aromatic N) is 3. The Labute approximate surface area is 233 Å². The first kappa shape index (κ1) is 25.6. The number of amides is 2. The maximum Gasteiger partial charge on any atom is 0.294 e. The predicted molar refractivity (Wildman–Crippen MR) is 140 cm³/mol. The highest BCUT2D eigenvalue weighted by molar-refractivity contribution is 5.98. The fourth-order valence-corrected chi connectivity index (χ4v) is 6.74. The number of para-hydroxylation sites is 1. The van der Waals surface area contributed by atoms with Gasteiger partial charge in [0.15, 0.2) is 11.5 Å². The molecule has 0 saturated carbocycles. The summed E-state index contributed by atoms with van der Waals surface area (Å²) in [6.07, 6.45) is -0.448. The molecule has 13 heteroatoms. The number of carbonyl (C=O) groups excluding carboxylic acids is 2. The van der Waals surface area contributed by atoms with Crippen molar-refractivity contribution >= 4 is 22.7 Å². The topological polar surface area (TPSA) is 157 Å². The van der Waals surface area contributed by atoms with Crippen LogP contribution in [0.4, 0.5) is 0 Å². The minimum Gasteiger partial charge on any atom is -0.454 e. The van der Waals surface area contributed by atoms with Crippen LogP contribution in [-0.4, -0.2) is 87.6 Å². The van der Waals surface area contributed by atoms with E-state index < -0.39 is 35.4 Å². The maximum atomic E-state index is 14.2. The zero-order valence-electron chi connectivity index (χ0n) is 21.9. The number of rotatable bonds is 6. The summed E-state index contributed by atoms with van der Waals surface area (Å²) in [7, 11) is 0. The van der Waals surface area contributed by atoms with Gasteiger partial charge in [0.05, 0.1) is 24.9 Å². The lowest BCUT2D eigenvalue weighted by Crippen LogP contribution is -2.66. The first-order chi connectivity index (χ1) is 19.9. The minimum atomic E-state index is -0.897. The highest BCUT2D eigenvalue weighted by Gasteiger charge is 2.50. The zero-order chi connectivity index (χ0) is 28.2. The molecule has 3 aromatic rings. The van der Waals surface area contributed by atoms with Gasteiger partial charge in [0.1, 0.15) is 19.2 Å². The summed E-state index contributed by atoms with van der Waals surface area (Å²) >= 11 is 0. The molecule has 5 atom stereocenters. The first-order valence-corrected chi connectivity index (χ1v) is 13.6. The summed E-state index contributed by atoms with van der Waals surface area (Å²) in [5, 5.41) is 20.7. The molecule has 3 unspecified atom stereocenters. The molecule has 2 N–H and O–H groups in total. The van der Waals surface area contributed by atoms with Gasteiger partial charge >= 0.3 is 0 Å². The summed E-state index contributed by atoms with van der Waals surface area (Å²) in [6, 6.07) is 11.7. The summed E-state index contributed by atoms with van der Waals surface area (Å²) in [4.78, 5) is 50.2. The molecule has 4 aliphatic rings. The molecule has 1 aromatic heterocycles. The van der Waals surface area contributed by atoms with E-state index in [9.17, 15) is 24.8 Å². The van der Waals surface area contributed by atoms with E-state index >= 15 is 0 Å². The molecule has 7 rings (SSSR count). The highest BCUT2D eigenvalue weighted by Crippen LogP contribution is 2.45. The van der Waals surface area contributed by atoms with Crippen LogP contribution >= 0.6 is 0 Å². The van der Waals surface area contributed by atoms with Crippen molar-refractivity contribution in [2.45, 2.75) is 49.6 Å². The Morgan fingerprint density at radius 2 is 1.90 bits per heavy atom. The molecule has 41 heavy (non-hydrogen) atoms. The lowest BCUT2D eigenvalue weighted by atomic mass is 9.85. The number of ether oxygens (including phenoxy) is 3. The van der Waals surface area contributed by atoms with Gasteiger partial charge in [-0.1, -0.05) is 24.3 Å². The van der Waals surface area contributed by atoms with Crippen LogP contribution in [0.1, 0.15) is 35.7 Å². The number of aromatic amines is 1. The van der Waals surface area contributed by atoms with Gasteiger partial charge in [-0.3, -0.25) is 9.59 Å². The van der Waals surface area contributed by atoms with Crippen molar-refractivity contribution in [1.82, 2.24) is 14.8 Å². The fourth-order valence-electron chi connectivity index (χ4n) is 6.74. The number of aliphatic hydroxyl groups excluding tert-OH is 1. The number of piperazine rings is 1. The Bertz CT molecular complexity index is 1540. The van der Waals surface area contributed by atoms with Gasteiger partial charge in [-0.05, 0) is 42.2 Å². The number of carbonyl (C=O) groups is 2. The predicted octanol–water partition coefficient (Wildman–Crippen LogP) is 1.70. The highest BCUT2D eigenvalue weighted by atomic mass is 17.0. The largest absolute Gasteiger partial charge is 0.454 e. The number of hydrogen-bond acceptors (Lipinski definition) is 9. The van der Waals surface area contributed by atoms with Crippen LogP contribution in [0.5, 0.6) is 11.5 Å². The van der Waals surface area contributed by atoms with Crippen molar-refractivity contribution in [3.8, 4) is 11.5 Å². The second-order valence-corrected chi connectivity index (χ2v) is 10.8. The van der Waals surface area contributed by atoms with Crippen molar-refractivity contribution in [3.05, 3.63) is 69.4 Å². The Morgan fingerprint density at radius 3 is 2.73 bits per heavy atom. The summed E-state index contributed by atoms with van der Waals surface area (Å²) in [6.45, 7) is -0.677. The van der Waals surface area contributed by atoms with Gasteiger partial charge in [0.2, 0.25) is 18.6 Å². The maximum absolute atomic E-state index is 14.2. The molecule has 0 bridgehead atoms. The molecular formula is C28H28N4O9. The van der Waals surface area contributed by atoms with Gasteiger partial charge in [-0.2, -0.15) is 0 Å². The van der Waals surface area contributed by atoms with Crippen molar-refractivity contribution in [1.29, 1.82) is 0 Å². The average Bonchev–Trinajstić information content (AvgIpc) is 3.60. The third-order valence-electron chi connectivity index (χ3n) is 8.47. The van der Waals surface area contributed by atoms with E-state index in [-0.39, 0.29) is 44.8 Å². The van der Waals surface area contributed by atoms with Crippen LogP contribution < -0.4 is 9.47 Å². The van der Waals surface area contributed by atoms with Gasteiger partial charge in [0, 0.05) is 29.1 Å². The molecule has 0 radical (unpaired) electrons. The van der Waals surface area contributed by atoms with Crippen LogP contribution in [0, 0.1) is 10.1 Å². The molecular weight excluding hydrogens is 536 g/mol. The molecule has 0 spiro atoms. The normalized spacial score (nSPS) is 27.1. The summed E-state index contributed by atoms with van der Waals surface area (Å²) in [5.74, 6) is 0.786. The van der Waals surface area contributed by atoms with E-state index in [0.717, 1.165) is 27.7 Å². The molecule has 0 aliphatic carbocycles. The number of fused-ring (bicyclic) bond motifs is 5. The molecule has 5 heterocycles. The van der Waals surface area contributed by atoms with Crippen molar-refractivity contribution in [3.63, 3.8) is 0 Å². The van der Waals surface area contributed by atoms with Crippen molar-refractivity contribution in [2.24, 2.45) is 0 Å². The molecule has 214 valence electrons. The third-order valence-corrected chi connectivity index (χ3v) is 8.47. The van der Waals surface area contributed by atoms with E-state index in [1.807, 2.05) is 42.5 Å². The smallest absolute Gasteiger partial charge is 0.294 e. The summed E-state index contributed by atoms with van der Waals surface area (Å²) in [5.41, 5.74) is 3.55. The van der Waals surface area contributed by atoms with Crippen LogP contribution in [0.3, 0.4) is 0 Å². The van der Waals surface area contributed by atoms with Gasteiger partial charge in [0.25, 0.3) is 5.09 Å². The Morgan fingerprint density at radius 1 is 1.10 bits per heavy atom.